The van der Waals surface area contributed by atoms with E-state index in [1.807, 2.05) is 12.1 Å². The summed E-state index contributed by atoms with van der Waals surface area (Å²) in [5.41, 5.74) is 1.55. The summed E-state index contributed by atoms with van der Waals surface area (Å²) in [6, 6.07) is 12.0. The Kier molecular flexibility index (Phi) is 4.80. The van der Waals surface area contributed by atoms with Crippen LogP contribution in [0.3, 0.4) is 0 Å². The van der Waals surface area contributed by atoms with Gasteiger partial charge in [0.1, 0.15) is 12.1 Å². The van der Waals surface area contributed by atoms with E-state index >= 15 is 0 Å². The number of hydrogen-bond acceptors (Lipinski definition) is 4. The van der Waals surface area contributed by atoms with Gasteiger partial charge in [-0.05, 0) is 36.4 Å². The molecule has 0 bridgehead atoms. The van der Waals surface area contributed by atoms with Crippen LogP contribution in [0.4, 0.5) is 11.5 Å². The lowest BCUT2D eigenvalue weighted by Gasteiger charge is -2.08. The van der Waals surface area contributed by atoms with Crippen LogP contribution in [0, 0.1) is 0 Å². The van der Waals surface area contributed by atoms with Gasteiger partial charge in [0.2, 0.25) is 0 Å². The van der Waals surface area contributed by atoms with Crippen molar-refractivity contribution in [3.8, 4) is 0 Å². The Labute approximate surface area is 137 Å². The first-order valence-corrected chi connectivity index (χ1v) is 6.52. The van der Waals surface area contributed by atoms with E-state index in [1.54, 1.807) is 18.2 Å². The molecule has 0 unspecified atom stereocenters. The van der Waals surface area contributed by atoms with E-state index in [0.29, 0.717) is 16.4 Å². The molecule has 112 valence electrons. The van der Waals surface area contributed by atoms with Crippen molar-refractivity contribution in [3.05, 3.63) is 59.4 Å². The molecule has 0 saturated heterocycles. The van der Waals surface area contributed by atoms with Gasteiger partial charge >= 0.3 is 5.97 Å². The van der Waals surface area contributed by atoms with Crippen LogP contribution in [0.2, 0.25) is 5.02 Å². The quantitative estimate of drug-likeness (QED) is 0.752. The van der Waals surface area contributed by atoms with Crippen LogP contribution in [0.1, 0.15) is 10.4 Å². The monoisotopic (exact) mass is 335 g/mol. The number of carboxylic acids is 1. The first-order valence-electron chi connectivity index (χ1n) is 6.14. The summed E-state index contributed by atoms with van der Waals surface area (Å²) in [7, 11) is 0. The maximum Gasteiger partial charge on any atom is 0.335 e. The molecule has 3 rings (SSSR count). The van der Waals surface area contributed by atoms with Crippen LogP contribution in [-0.2, 0) is 0 Å². The molecule has 3 aromatic rings. The van der Waals surface area contributed by atoms with Gasteiger partial charge in [0.15, 0.2) is 0 Å². The van der Waals surface area contributed by atoms with Crippen LogP contribution in [-0.4, -0.2) is 21.0 Å². The van der Waals surface area contributed by atoms with Crippen LogP contribution in [0.15, 0.2) is 48.8 Å². The van der Waals surface area contributed by atoms with Crippen LogP contribution < -0.4 is 5.32 Å². The highest BCUT2D eigenvalue weighted by Crippen LogP contribution is 2.25. The molecule has 0 aliphatic carbocycles. The molecular formula is C15H11Cl2N3O2. The number of aromatic nitrogens is 2. The summed E-state index contributed by atoms with van der Waals surface area (Å²) in [6.45, 7) is 0. The number of nitrogens with zero attached hydrogens (tertiary/aromatic N) is 2. The molecule has 22 heavy (non-hydrogen) atoms. The number of carbonyl (C=O) groups is 1. The Morgan fingerprint density at radius 1 is 1.14 bits per heavy atom. The molecule has 0 spiro atoms. The standard InChI is InChI=1S/C15H10ClN3O2.ClH/c16-10-2-1-3-11(7-10)19-14-12-5-4-9(15(20)21)6-13(12)17-8-18-14;/h1-8H,(H,20,21)(H,17,18,19);1H. The third-order valence-corrected chi connectivity index (χ3v) is 3.21. The van der Waals surface area contributed by atoms with E-state index in [4.69, 9.17) is 16.7 Å². The number of carboxylic acid groups (broad SMARTS) is 1. The number of nitrogens with one attached hydrogen (secondary N) is 1. The first-order chi connectivity index (χ1) is 10.1. The lowest BCUT2D eigenvalue weighted by molar-refractivity contribution is 0.0697. The number of aromatic carboxylic acids is 1. The van der Waals surface area contributed by atoms with Crippen LogP contribution in [0.25, 0.3) is 10.9 Å². The average Bonchev–Trinajstić information content (AvgIpc) is 2.47. The largest absolute Gasteiger partial charge is 0.478 e. The third-order valence-electron chi connectivity index (χ3n) is 2.97. The van der Waals surface area contributed by atoms with Gasteiger partial charge in [-0.15, -0.1) is 12.4 Å². The molecule has 0 saturated carbocycles. The minimum atomic E-state index is -0.986. The molecule has 1 heterocycles. The lowest BCUT2D eigenvalue weighted by atomic mass is 10.1. The average molecular weight is 336 g/mol. The number of hydrogen-bond donors (Lipinski definition) is 2. The fourth-order valence-corrected chi connectivity index (χ4v) is 2.18. The topological polar surface area (TPSA) is 75.1 Å². The van der Waals surface area contributed by atoms with Gasteiger partial charge in [-0.2, -0.15) is 0 Å². The zero-order valence-corrected chi connectivity index (χ0v) is 12.7. The van der Waals surface area contributed by atoms with E-state index < -0.39 is 5.97 Å². The van der Waals surface area contributed by atoms with Gasteiger partial charge in [-0.3, -0.25) is 0 Å². The minimum absolute atomic E-state index is 0. The molecule has 0 atom stereocenters. The van der Waals surface area contributed by atoms with Crippen molar-refractivity contribution >= 4 is 52.4 Å². The summed E-state index contributed by atoms with van der Waals surface area (Å²) in [5.74, 6) is -0.390. The summed E-state index contributed by atoms with van der Waals surface area (Å²) >= 11 is 5.95. The van der Waals surface area contributed by atoms with Gasteiger partial charge in [0.25, 0.3) is 0 Å². The first kappa shape index (κ1) is 16.0. The Morgan fingerprint density at radius 3 is 2.68 bits per heavy atom. The van der Waals surface area contributed by atoms with E-state index in [0.717, 1.165) is 11.1 Å². The predicted molar refractivity (Wildman–Crippen MR) is 88.5 cm³/mol. The van der Waals surface area contributed by atoms with E-state index in [1.165, 1.54) is 18.5 Å². The fourth-order valence-electron chi connectivity index (χ4n) is 1.99. The lowest BCUT2D eigenvalue weighted by Crippen LogP contribution is -1.99. The van der Waals surface area contributed by atoms with Crippen molar-refractivity contribution in [1.82, 2.24) is 9.97 Å². The van der Waals surface area contributed by atoms with Gasteiger partial charge in [-0.1, -0.05) is 17.7 Å². The zero-order valence-electron chi connectivity index (χ0n) is 11.2. The molecule has 0 radical (unpaired) electrons. The van der Waals surface area contributed by atoms with Crippen LogP contribution in [0.5, 0.6) is 0 Å². The van der Waals surface area contributed by atoms with E-state index in [2.05, 4.69) is 15.3 Å². The number of rotatable bonds is 3. The molecule has 2 aromatic carbocycles. The summed E-state index contributed by atoms with van der Waals surface area (Å²) in [6.07, 6.45) is 1.39. The highest BCUT2D eigenvalue weighted by Gasteiger charge is 2.08. The molecule has 0 aliphatic heterocycles. The van der Waals surface area contributed by atoms with Gasteiger partial charge in [-0.25, -0.2) is 14.8 Å². The van der Waals surface area contributed by atoms with Crippen molar-refractivity contribution in [2.75, 3.05) is 5.32 Å². The van der Waals surface area contributed by atoms with Crippen LogP contribution >= 0.6 is 24.0 Å². The number of benzene rings is 2. The van der Waals surface area contributed by atoms with Gasteiger partial charge in [0.05, 0.1) is 11.1 Å². The van der Waals surface area contributed by atoms with Crippen molar-refractivity contribution in [1.29, 1.82) is 0 Å². The maximum atomic E-state index is 11.0. The van der Waals surface area contributed by atoms with E-state index in [-0.39, 0.29) is 18.0 Å². The van der Waals surface area contributed by atoms with Crippen molar-refractivity contribution in [3.63, 3.8) is 0 Å². The SMILES string of the molecule is Cl.O=C(O)c1ccc2c(Nc3cccc(Cl)c3)ncnc2c1. The third kappa shape index (κ3) is 3.27. The highest BCUT2D eigenvalue weighted by molar-refractivity contribution is 6.30. The van der Waals surface area contributed by atoms with Crippen molar-refractivity contribution in [2.24, 2.45) is 0 Å². The molecule has 5 nitrogen and oxygen atoms in total. The normalized spacial score (nSPS) is 10.0. The maximum absolute atomic E-state index is 11.0. The summed E-state index contributed by atoms with van der Waals surface area (Å²) < 4.78 is 0. The molecule has 1 aromatic heterocycles. The predicted octanol–water partition coefficient (Wildman–Crippen LogP) is 4.15. The zero-order chi connectivity index (χ0) is 14.8. The highest BCUT2D eigenvalue weighted by atomic mass is 35.5. The second kappa shape index (κ2) is 6.60. The second-order valence-corrected chi connectivity index (χ2v) is 4.83. The number of fused-ring (bicyclic) bond motifs is 1. The summed E-state index contributed by atoms with van der Waals surface area (Å²) in [4.78, 5) is 19.3. The minimum Gasteiger partial charge on any atom is -0.478 e. The molecule has 0 fully saturated rings. The molecule has 0 amide bonds. The number of halogens is 2. The second-order valence-electron chi connectivity index (χ2n) is 4.39. The Morgan fingerprint density at radius 2 is 1.95 bits per heavy atom. The Hall–Kier alpha value is -2.37. The van der Waals surface area contributed by atoms with E-state index in [9.17, 15) is 4.79 Å². The van der Waals surface area contributed by atoms with Gasteiger partial charge < -0.3 is 10.4 Å². The number of anilines is 2. The Bertz CT molecular complexity index is 840. The Balaban J connectivity index is 0.00000176. The molecule has 2 N–H and O–H groups in total. The van der Waals surface area contributed by atoms with Crippen molar-refractivity contribution < 1.29 is 9.90 Å². The molecule has 7 heteroatoms. The summed E-state index contributed by atoms with van der Waals surface area (Å²) in [5, 5.41) is 13.5. The molecule has 0 aliphatic rings. The fraction of sp³-hybridized carbons (Fsp3) is 0. The smallest absolute Gasteiger partial charge is 0.335 e. The molecular weight excluding hydrogens is 325 g/mol. The van der Waals surface area contributed by atoms with Gasteiger partial charge in [0, 0.05) is 16.1 Å². The van der Waals surface area contributed by atoms with Crippen molar-refractivity contribution in [2.45, 2.75) is 0 Å².